The van der Waals surface area contributed by atoms with Gasteiger partial charge in [0.25, 0.3) is 5.91 Å². The van der Waals surface area contributed by atoms with Gasteiger partial charge in [-0.1, -0.05) is 0 Å². The third kappa shape index (κ3) is 3.01. The van der Waals surface area contributed by atoms with Crippen LogP contribution in [0.3, 0.4) is 0 Å². The standard InChI is InChI=1S/C13H15FN2O3/c1-16-7-9(3-5-12(16)18)15-13(19)8-2-4-11(17)10(14)6-8/h2,4,6,9,17H,3,5,7H2,1H3,(H,15,19)/t9-/m1/s1. The van der Waals surface area contributed by atoms with Crippen LogP contribution < -0.4 is 5.32 Å². The minimum atomic E-state index is -0.830. The van der Waals surface area contributed by atoms with Crippen LogP contribution in [-0.2, 0) is 4.79 Å². The second-order valence-electron chi connectivity index (χ2n) is 4.65. The predicted molar refractivity (Wildman–Crippen MR) is 66.2 cm³/mol. The number of halogens is 1. The van der Waals surface area contributed by atoms with E-state index >= 15 is 0 Å². The van der Waals surface area contributed by atoms with E-state index in [1.54, 1.807) is 11.9 Å². The van der Waals surface area contributed by atoms with Gasteiger partial charge in [-0.05, 0) is 24.6 Å². The van der Waals surface area contributed by atoms with Crippen molar-refractivity contribution < 1.29 is 19.1 Å². The fourth-order valence-electron chi connectivity index (χ4n) is 2.05. The number of amides is 2. The summed E-state index contributed by atoms with van der Waals surface area (Å²) in [6.45, 7) is 0.450. The molecule has 0 spiro atoms. The highest BCUT2D eigenvalue weighted by Crippen LogP contribution is 2.17. The average Bonchev–Trinajstić information content (AvgIpc) is 2.37. The number of benzene rings is 1. The second kappa shape index (κ2) is 5.26. The lowest BCUT2D eigenvalue weighted by molar-refractivity contribution is -0.132. The summed E-state index contributed by atoms with van der Waals surface area (Å²) < 4.78 is 13.1. The van der Waals surface area contributed by atoms with Gasteiger partial charge in [-0.2, -0.15) is 0 Å². The van der Waals surface area contributed by atoms with Crippen LogP contribution in [0.2, 0.25) is 0 Å². The molecule has 0 aliphatic carbocycles. The molecule has 1 aromatic carbocycles. The molecule has 2 N–H and O–H groups in total. The molecule has 1 aliphatic rings. The molecule has 1 saturated heterocycles. The van der Waals surface area contributed by atoms with Crippen molar-refractivity contribution in [2.75, 3.05) is 13.6 Å². The largest absolute Gasteiger partial charge is 0.505 e. The zero-order valence-corrected chi connectivity index (χ0v) is 10.5. The van der Waals surface area contributed by atoms with E-state index in [0.29, 0.717) is 19.4 Å². The van der Waals surface area contributed by atoms with Gasteiger partial charge in [0.1, 0.15) is 0 Å². The van der Waals surface area contributed by atoms with Crippen molar-refractivity contribution in [2.45, 2.75) is 18.9 Å². The monoisotopic (exact) mass is 266 g/mol. The van der Waals surface area contributed by atoms with Gasteiger partial charge in [-0.25, -0.2) is 4.39 Å². The summed E-state index contributed by atoms with van der Waals surface area (Å²) in [5.74, 6) is -1.67. The van der Waals surface area contributed by atoms with E-state index in [1.165, 1.54) is 6.07 Å². The molecule has 6 heteroatoms. The molecular formula is C13H15FN2O3. The van der Waals surface area contributed by atoms with Gasteiger partial charge >= 0.3 is 0 Å². The van der Waals surface area contributed by atoms with Gasteiger partial charge in [0.05, 0.1) is 0 Å². The number of carbonyl (C=O) groups is 2. The van der Waals surface area contributed by atoms with Crippen LogP contribution in [-0.4, -0.2) is 41.5 Å². The van der Waals surface area contributed by atoms with Crippen LogP contribution >= 0.6 is 0 Å². The summed E-state index contributed by atoms with van der Waals surface area (Å²) in [5, 5.41) is 11.8. The molecule has 1 aromatic rings. The van der Waals surface area contributed by atoms with Gasteiger partial charge < -0.3 is 15.3 Å². The summed E-state index contributed by atoms with van der Waals surface area (Å²) in [5.41, 5.74) is 0.148. The quantitative estimate of drug-likeness (QED) is 0.835. The minimum absolute atomic E-state index is 0.0566. The number of nitrogens with zero attached hydrogens (tertiary/aromatic N) is 1. The van der Waals surface area contributed by atoms with Crippen LogP contribution in [0.5, 0.6) is 5.75 Å². The van der Waals surface area contributed by atoms with E-state index in [-0.39, 0.29) is 17.5 Å². The molecule has 1 fully saturated rings. The second-order valence-corrected chi connectivity index (χ2v) is 4.65. The lowest BCUT2D eigenvalue weighted by Gasteiger charge is -2.30. The van der Waals surface area contributed by atoms with Crippen molar-refractivity contribution in [3.8, 4) is 5.75 Å². The maximum Gasteiger partial charge on any atom is 0.251 e. The first-order valence-electron chi connectivity index (χ1n) is 6.00. The van der Waals surface area contributed by atoms with Crippen LogP contribution in [0, 0.1) is 5.82 Å². The number of aromatic hydroxyl groups is 1. The maximum absolute atomic E-state index is 13.1. The number of hydrogen-bond donors (Lipinski definition) is 2. The molecule has 1 atom stereocenters. The topological polar surface area (TPSA) is 69.6 Å². The van der Waals surface area contributed by atoms with Crippen molar-refractivity contribution in [3.63, 3.8) is 0 Å². The number of nitrogens with one attached hydrogen (secondary N) is 1. The molecule has 5 nitrogen and oxygen atoms in total. The molecule has 1 aliphatic heterocycles. The molecule has 0 radical (unpaired) electrons. The van der Waals surface area contributed by atoms with Gasteiger partial charge in [0.2, 0.25) is 5.91 Å². The Morgan fingerprint density at radius 3 is 2.89 bits per heavy atom. The molecule has 2 rings (SSSR count). The van der Waals surface area contributed by atoms with E-state index < -0.39 is 17.5 Å². The van der Waals surface area contributed by atoms with Crippen molar-refractivity contribution in [3.05, 3.63) is 29.6 Å². The molecular weight excluding hydrogens is 251 g/mol. The Morgan fingerprint density at radius 1 is 1.53 bits per heavy atom. The molecule has 1 heterocycles. The van der Waals surface area contributed by atoms with E-state index in [4.69, 9.17) is 5.11 Å². The summed E-state index contributed by atoms with van der Waals surface area (Å²) in [6, 6.07) is 3.35. The van der Waals surface area contributed by atoms with E-state index in [0.717, 1.165) is 12.1 Å². The summed E-state index contributed by atoms with van der Waals surface area (Å²) >= 11 is 0. The third-order valence-electron chi connectivity index (χ3n) is 3.17. The Morgan fingerprint density at radius 2 is 2.26 bits per heavy atom. The number of carbonyl (C=O) groups excluding carboxylic acids is 2. The highest BCUT2D eigenvalue weighted by molar-refractivity contribution is 5.94. The SMILES string of the molecule is CN1C[C@H](NC(=O)c2ccc(O)c(F)c2)CCC1=O. The van der Waals surface area contributed by atoms with Crippen LogP contribution in [0.15, 0.2) is 18.2 Å². The van der Waals surface area contributed by atoms with Crippen molar-refractivity contribution >= 4 is 11.8 Å². The van der Waals surface area contributed by atoms with E-state index in [9.17, 15) is 14.0 Å². The predicted octanol–water partition coefficient (Wildman–Crippen LogP) is 0.882. The van der Waals surface area contributed by atoms with Crippen molar-refractivity contribution in [1.29, 1.82) is 0 Å². The van der Waals surface area contributed by atoms with Gasteiger partial charge in [0, 0.05) is 31.6 Å². The molecule has 102 valence electrons. The first-order valence-corrected chi connectivity index (χ1v) is 6.00. The number of phenolic OH excluding ortho intramolecular Hbond substituents is 1. The van der Waals surface area contributed by atoms with E-state index in [1.807, 2.05) is 0 Å². The van der Waals surface area contributed by atoms with Gasteiger partial charge in [0.15, 0.2) is 11.6 Å². The number of likely N-dealkylation sites (N-methyl/N-ethyl adjacent to an activating group) is 1. The molecule has 0 saturated carbocycles. The van der Waals surface area contributed by atoms with Crippen molar-refractivity contribution in [2.24, 2.45) is 0 Å². The van der Waals surface area contributed by atoms with Crippen LogP contribution in [0.1, 0.15) is 23.2 Å². The fraction of sp³-hybridized carbons (Fsp3) is 0.385. The number of hydrogen-bond acceptors (Lipinski definition) is 3. The number of likely N-dealkylation sites (tertiary alicyclic amines) is 1. The van der Waals surface area contributed by atoms with Gasteiger partial charge in [-0.3, -0.25) is 9.59 Å². The first kappa shape index (κ1) is 13.3. The fourth-order valence-corrected chi connectivity index (χ4v) is 2.05. The average molecular weight is 266 g/mol. The summed E-state index contributed by atoms with van der Waals surface area (Å²) in [4.78, 5) is 24.8. The lowest BCUT2D eigenvalue weighted by Crippen LogP contribution is -2.48. The van der Waals surface area contributed by atoms with Crippen LogP contribution in [0.25, 0.3) is 0 Å². The Kier molecular flexibility index (Phi) is 3.69. The Hall–Kier alpha value is -2.11. The number of rotatable bonds is 2. The molecule has 0 aromatic heterocycles. The Bertz CT molecular complexity index is 519. The van der Waals surface area contributed by atoms with Crippen LogP contribution in [0.4, 0.5) is 4.39 Å². The molecule has 0 bridgehead atoms. The molecule has 2 amide bonds. The smallest absolute Gasteiger partial charge is 0.251 e. The lowest BCUT2D eigenvalue weighted by atomic mass is 10.0. The summed E-state index contributed by atoms with van der Waals surface area (Å²) in [7, 11) is 1.68. The molecule has 19 heavy (non-hydrogen) atoms. The minimum Gasteiger partial charge on any atom is -0.505 e. The Labute approximate surface area is 110 Å². The number of phenols is 1. The third-order valence-corrected chi connectivity index (χ3v) is 3.17. The Balaban J connectivity index is 2.01. The first-order chi connectivity index (χ1) is 8.97. The van der Waals surface area contributed by atoms with Crippen molar-refractivity contribution in [1.82, 2.24) is 10.2 Å². The molecule has 0 unspecified atom stereocenters. The maximum atomic E-state index is 13.1. The summed E-state index contributed by atoms with van der Waals surface area (Å²) in [6.07, 6.45) is 0.973. The zero-order chi connectivity index (χ0) is 14.0. The number of piperidine rings is 1. The normalized spacial score (nSPS) is 19.4. The highest BCUT2D eigenvalue weighted by atomic mass is 19.1. The van der Waals surface area contributed by atoms with E-state index in [2.05, 4.69) is 5.32 Å². The zero-order valence-electron chi connectivity index (χ0n) is 10.5. The highest BCUT2D eigenvalue weighted by Gasteiger charge is 2.24. The van der Waals surface area contributed by atoms with Gasteiger partial charge in [-0.15, -0.1) is 0 Å².